The third-order valence-corrected chi connectivity index (χ3v) is 8.50. The molecule has 2 N–H and O–H groups in total. The number of hydrogen-bond donors (Lipinski definition) is 2. The molecule has 4 atom stereocenters. The highest BCUT2D eigenvalue weighted by molar-refractivity contribution is 5.83. The molecule has 0 spiro atoms. The molecular weight excluding hydrogens is 450 g/mol. The van der Waals surface area contributed by atoms with Gasteiger partial charge in [-0.25, -0.2) is 0 Å². The van der Waals surface area contributed by atoms with Crippen molar-refractivity contribution in [1.29, 1.82) is 0 Å². The van der Waals surface area contributed by atoms with Gasteiger partial charge in [0.25, 0.3) is 5.56 Å². The maximum absolute atomic E-state index is 13.6. The minimum atomic E-state index is -0.396. The Morgan fingerprint density at radius 1 is 0.972 bits per heavy atom. The average Bonchev–Trinajstić information content (AvgIpc) is 3.41. The SMILES string of the molecule is O=C(NC1CCC1)[C@H]1[C@H](CO)[C@H]2Cn3c(ccc(-c4ccccc4)c3=O)[C@H]2N1CCc1ccccc1. The van der Waals surface area contributed by atoms with E-state index in [1.54, 1.807) is 0 Å². The summed E-state index contributed by atoms with van der Waals surface area (Å²) in [6.45, 7) is 1.15. The summed E-state index contributed by atoms with van der Waals surface area (Å²) >= 11 is 0. The van der Waals surface area contributed by atoms with E-state index >= 15 is 0 Å². The molecule has 1 saturated heterocycles. The van der Waals surface area contributed by atoms with Crippen LogP contribution in [0.3, 0.4) is 0 Å². The molecule has 1 aromatic heterocycles. The van der Waals surface area contributed by atoms with E-state index in [1.165, 1.54) is 5.56 Å². The van der Waals surface area contributed by atoms with Crippen LogP contribution in [0, 0.1) is 11.8 Å². The lowest BCUT2D eigenvalue weighted by Crippen LogP contribution is -2.52. The molecule has 3 aliphatic rings. The second-order valence-corrected chi connectivity index (χ2v) is 10.5. The zero-order chi connectivity index (χ0) is 24.6. The van der Waals surface area contributed by atoms with Crippen molar-refractivity contribution in [1.82, 2.24) is 14.8 Å². The van der Waals surface area contributed by atoms with Gasteiger partial charge >= 0.3 is 0 Å². The van der Waals surface area contributed by atoms with E-state index in [9.17, 15) is 14.7 Å². The van der Waals surface area contributed by atoms with Crippen LogP contribution in [-0.4, -0.2) is 45.7 Å². The lowest BCUT2D eigenvalue weighted by molar-refractivity contribution is -0.129. The summed E-state index contributed by atoms with van der Waals surface area (Å²) < 4.78 is 1.88. The number of amides is 1. The Morgan fingerprint density at radius 3 is 2.36 bits per heavy atom. The molecule has 2 fully saturated rings. The molecule has 0 radical (unpaired) electrons. The highest BCUT2D eigenvalue weighted by Crippen LogP contribution is 2.49. The minimum Gasteiger partial charge on any atom is -0.396 e. The number of nitrogens with one attached hydrogen (secondary N) is 1. The van der Waals surface area contributed by atoms with Gasteiger partial charge in [0, 0.05) is 48.8 Å². The smallest absolute Gasteiger partial charge is 0.258 e. The number of pyridine rings is 1. The van der Waals surface area contributed by atoms with Crippen molar-refractivity contribution in [2.75, 3.05) is 13.2 Å². The Bertz CT molecular complexity index is 1290. The summed E-state index contributed by atoms with van der Waals surface area (Å²) in [5, 5.41) is 13.8. The summed E-state index contributed by atoms with van der Waals surface area (Å²) in [7, 11) is 0. The van der Waals surface area contributed by atoms with Crippen LogP contribution in [0.1, 0.15) is 36.6 Å². The first-order valence-electron chi connectivity index (χ1n) is 13.2. The predicted molar refractivity (Wildman–Crippen MR) is 139 cm³/mol. The summed E-state index contributed by atoms with van der Waals surface area (Å²) in [4.78, 5) is 29.4. The monoisotopic (exact) mass is 483 g/mol. The van der Waals surface area contributed by atoms with Crippen LogP contribution >= 0.6 is 0 Å². The first-order valence-corrected chi connectivity index (χ1v) is 13.2. The lowest BCUT2D eigenvalue weighted by atomic mass is 9.87. The number of aliphatic hydroxyl groups excluding tert-OH is 1. The first kappa shape index (κ1) is 23.2. The Kier molecular flexibility index (Phi) is 6.23. The van der Waals surface area contributed by atoms with Crippen molar-refractivity contribution in [2.45, 2.75) is 50.4 Å². The Balaban J connectivity index is 1.36. The van der Waals surface area contributed by atoms with Gasteiger partial charge in [0.2, 0.25) is 5.91 Å². The molecule has 6 heteroatoms. The van der Waals surface area contributed by atoms with Crippen molar-refractivity contribution >= 4 is 5.91 Å². The van der Waals surface area contributed by atoms with Gasteiger partial charge in [0.1, 0.15) is 0 Å². The third-order valence-electron chi connectivity index (χ3n) is 8.50. The molecule has 3 heterocycles. The molecule has 0 unspecified atom stereocenters. The van der Waals surface area contributed by atoms with E-state index < -0.39 is 6.04 Å². The highest BCUT2D eigenvalue weighted by Gasteiger charge is 2.55. The summed E-state index contributed by atoms with van der Waals surface area (Å²) in [5.41, 5.74) is 3.77. The number of carbonyl (C=O) groups is 1. The molecule has 1 amide bonds. The number of rotatable bonds is 7. The van der Waals surface area contributed by atoms with E-state index in [0.717, 1.165) is 36.9 Å². The maximum Gasteiger partial charge on any atom is 0.258 e. The summed E-state index contributed by atoms with van der Waals surface area (Å²) in [5.74, 6) is -0.178. The standard InChI is InChI=1S/C30H33N3O3/c34-19-25-24-18-33-26(15-14-23(30(33)36)21-10-5-2-6-11-21)27(24)32(17-16-20-8-3-1-4-9-20)28(25)29(35)31-22-12-7-13-22/h1-6,8-11,14-15,22,24-25,27-28,34H,7,12-13,16-19H2,(H,31,35)/t24-,25-,27+,28-/m1/s1. The van der Waals surface area contributed by atoms with Crippen LogP contribution in [0.4, 0.5) is 0 Å². The van der Waals surface area contributed by atoms with E-state index in [4.69, 9.17) is 0 Å². The number of aliphatic hydroxyl groups is 1. The van der Waals surface area contributed by atoms with Crippen LogP contribution in [0.15, 0.2) is 77.6 Å². The van der Waals surface area contributed by atoms with E-state index in [1.807, 2.05) is 59.2 Å². The number of hydrogen-bond acceptors (Lipinski definition) is 4. The van der Waals surface area contributed by atoms with Gasteiger partial charge in [-0.1, -0.05) is 60.7 Å². The van der Waals surface area contributed by atoms with Gasteiger partial charge < -0.3 is 15.0 Å². The van der Waals surface area contributed by atoms with E-state index in [-0.39, 0.29) is 42.0 Å². The normalized spacial score (nSPS) is 25.2. The fourth-order valence-corrected chi connectivity index (χ4v) is 6.45. The van der Waals surface area contributed by atoms with Crippen molar-refractivity contribution in [3.63, 3.8) is 0 Å². The van der Waals surface area contributed by atoms with Gasteiger partial charge in [-0.2, -0.15) is 0 Å². The zero-order valence-corrected chi connectivity index (χ0v) is 20.4. The molecule has 6 rings (SSSR count). The molecule has 186 valence electrons. The molecule has 2 aromatic carbocycles. The molecule has 0 bridgehead atoms. The van der Waals surface area contributed by atoms with Gasteiger partial charge in [-0.15, -0.1) is 0 Å². The van der Waals surface area contributed by atoms with Gasteiger partial charge in [-0.05, 0) is 48.9 Å². The van der Waals surface area contributed by atoms with Gasteiger partial charge in [0.05, 0.1) is 12.1 Å². The quantitative estimate of drug-likeness (QED) is 0.540. The number of fused-ring (bicyclic) bond motifs is 3. The Morgan fingerprint density at radius 2 is 1.69 bits per heavy atom. The molecule has 1 saturated carbocycles. The largest absolute Gasteiger partial charge is 0.396 e. The summed E-state index contributed by atoms with van der Waals surface area (Å²) in [6, 6.07) is 23.8. The van der Waals surface area contributed by atoms with Crippen LogP contribution in [0.25, 0.3) is 11.1 Å². The number of carbonyl (C=O) groups excluding carboxylic acids is 1. The minimum absolute atomic E-state index is 0.00303. The molecule has 3 aromatic rings. The van der Waals surface area contributed by atoms with Crippen LogP contribution < -0.4 is 10.9 Å². The van der Waals surface area contributed by atoms with Crippen molar-refractivity contribution in [2.24, 2.45) is 11.8 Å². The molecule has 1 aliphatic carbocycles. The zero-order valence-electron chi connectivity index (χ0n) is 20.4. The number of likely N-dealkylation sites (tertiary alicyclic amines) is 1. The number of nitrogens with zero attached hydrogens (tertiary/aromatic N) is 2. The Hall–Kier alpha value is -3.22. The second kappa shape index (κ2) is 9.68. The van der Waals surface area contributed by atoms with E-state index in [2.05, 4.69) is 28.4 Å². The third kappa shape index (κ3) is 3.98. The van der Waals surface area contributed by atoms with Crippen molar-refractivity contribution < 1.29 is 9.90 Å². The van der Waals surface area contributed by atoms with E-state index in [0.29, 0.717) is 18.7 Å². The first-order chi connectivity index (χ1) is 17.7. The molecule has 6 nitrogen and oxygen atoms in total. The van der Waals surface area contributed by atoms with Crippen LogP contribution in [0.2, 0.25) is 0 Å². The Labute approximate surface area is 211 Å². The topological polar surface area (TPSA) is 74.6 Å². The molecule has 36 heavy (non-hydrogen) atoms. The lowest BCUT2D eigenvalue weighted by Gasteiger charge is -2.34. The fraction of sp³-hybridized carbons (Fsp3) is 0.400. The van der Waals surface area contributed by atoms with Crippen molar-refractivity contribution in [3.8, 4) is 11.1 Å². The van der Waals surface area contributed by atoms with Gasteiger partial charge in [-0.3, -0.25) is 14.5 Å². The van der Waals surface area contributed by atoms with Crippen LogP contribution in [-0.2, 0) is 17.8 Å². The average molecular weight is 484 g/mol. The summed E-state index contributed by atoms with van der Waals surface area (Å²) in [6.07, 6.45) is 4.02. The molecule has 2 aliphatic heterocycles. The number of aromatic nitrogens is 1. The van der Waals surface area contributed by atoms with Crippen molar-refractivity contribution in [3.05, 3.63) is 94.4 Å². The predicted octanol–water partition coefficient (Wildman–Crippen LogP) is 3.39. The van der Waals surface area contributed by atoms with Gasteiger partial charge in [0.15, 0.2) is 0 Å². The molecular formula is C30H33N3O3. The van der Waals surface area contributed by atoms with Crippen LogP contribution in [0.5, 0.6) is 0 Å². The highest BCUT2D eigenvalue weighted by atomic mass is 16.3. The maximum atomic E-state index is 13.6. The second-order valence-electron chi connectivity index (χ2n) is 10.5. The number of benzene rings is 2. The fourth-order valence-electron chi connectivity index (χ4n) is 6.45.